The van der Waals surface area contributed by atoms with Gasteiger partial charge in [0.15, 0.2) is 11.5 Å². The summed E-state index contributed by atoms with van der Waals surface area (Å²) in [7, 11) is 0. The number of nitrogens with one attached hydrogen (secondary N) is 1. The van der Waals surface area contributed by atoms with Crippen LogP contribution in [0.1, 0.15) is 12.5 Å². The van der Waals surface area contributed by atoms with Crippen molar-refractivity contribution in [2.24, 2.45) is 0 Å². The molecule has 6 nitrogen and oxygen atoms in total. The van der Waals surface area contributed by atoms with Crippen molar-refractivity contribution in [1.29, 1.82) is 5.26 Å². The van der Waals surface area contributed by atoms with Gasteiger partial charge in [-0.1, -0.05) is 0 Å². The summed E-state index contributed by atoms with van der Waals surface area (Å²) in [5, 5.41) is 13.6. The molecule has 0 saturated heterocycles. The fraction of sp³-hybridized carbons (Fsp3) is 0.158. The van der Waals surface area contributed by atoms with Crippen LogP contribution in [0, 0.1) is 11.3 Å². The molecule has 1 aliphatic heterocycles. The van der Waals surface area contributed by atoms with Gasteiger partial charge in [0.05, 0.1) is 23.4 Å². The van der Waals surface area contributed by atoms with Crippen molar-refractivity contribution in [3.63, 3.8) is 0 Å². The number of hydrogen-bond donors (Lipinski definition) is 1. The summed E-state index contributed by atoms with van der Waals surface area (Å²) in [5.41, 5.74) is 2.73. The summed E-state index contributed by atoms with van der Waals surface area (Å²) in [6.45, 7) is 2.72. The lowest BCUT2D eigenvalue weighted by Crippen LogP contribution is -1.98. The van der Waals surface area contributed by atoms with Crippen LogP contribution in [0.15, 0.2) is 42.6 Å². The minimum atomic E-state index is 0. The number of fused-ring (bicyclic) bond motifs is 2. The predicted molar refractivity (Wildman–Crippen MR) is 101 cm³/mol. The lowest BCUT2D eigenvalue weighted by Gasteiger charge is -2.13. The van der Waals surface area contributed by atoms with Gasteiger partial charge < -0.3 is 19.5 Å². The largest absolute Gasteiger partial charge is 0.494 e. The molecule has 2 heterocycles. The molecule has 0 radical (unpaired) electrons. The Morgan fingerprint density at radius 3 is 2.85 bits per heavy atom. The van der Waals surface area contributed by atoms with Crippen LogP contribution in [0.3, 0.4) is 0 Å². The molecule has 2 aromatic carbocycles. The molecule has 0 amide bonds. The van der Waals surface area contributed by atoms with Crippen LogP contribution < -0.4 is 19.5 Å². The zero-order valence-electron chi connectivity index (χ0n) is 14.0. The Balaban J connectivity index is 0.00000196. The van der Waals surface area contributed by atoms with Crippen molar-refractivity contribution >= 4 is 34.7 Å². The fourth-order valence-corrected chi connectivity index (χ4v) is 2.77. The number of rotatable bonds is 4. The molecular weight excluding hydrogens is 354 g/mol. The highest BCUT2D eigenvalue weighted by molar-refractivity contribution is 5.96. The maximum absolute atomic E-state index is 9.48. The molecule has 0 bridgehead atoms. The van der Waals surface area contributed by atoms with E-state index in [1.165, 1.54) is 0 Å². The van der Waals surface area contributed by atoms with Gasteiger partial charge in [-0.05, 0) is 37.3 Å². The molecule has 1 N–H and O–H groups in total. The summed E-state index contributed by atoms with van der Waals surface area (Å²) < 4.78 is 16.3. The van der Waals surface area contributed by atoms with E-state index in [0.717, 1.165) is 22.3 Å². The number of benzene rings is 2. The molecular formula is C19H16ClN3O3. The molecule has 26 heavy (non-hydrogen) atoms. The van der Waals surface area contributed by atoms with E-state index in [0.29, 0.717) is 29.4 Å². The molecule has 7 heteroatoms. The average molecular weight is 370 g/mol. The molecule has 0 spiro atoms. The van der Waals surface area contributed by atoms with Crippen molar-refractivity contribution in [1.82, 2.24) is 4.98 Å². The second kappa shape index (κ2) is 7.38. The Morgan fingerprint density at radius 1 is 1.19 bits per heavy atom. The summed E-state index contributed by atoms with van der Waals surface area (Å²) >= 11 is 0. The second-order valence-corrected chi connectivity index (χ2v) is 5.46. The van der Waals surface area contributed by atoms with Gasteiger partial charge >= 0.3 is 0 Å². The maximum atomic E-state index is 9.48. The first-order valence-corrected chi connectivity index (χ1v) is 7.91. The van der Waals surface area contributed by atoms with E-state index >= 15 is 0 Å². The lowest BCUT2D eigenvalue weighted by atomic mass is 10.1. The van der Waals surface area contributed by atoms with E-state index in [2.05, 4.69) is 16.4 Å². The van der Waals surface area contributed by atoms with Gasteiger partial charge in [0, 0.05) is 23.3 Å². The number of pyridine rings is 1. The first-order chi connectivity index (χ1) is 12.3. The van der Waals surface area contributed by atoms with Crippen molar-refractivity contribution in [2.45, 2.75) is 6.92 Å². The van der Waals surface area contributed by atoms with Gasteiger partial charge in [-0.25, -0.2) is 0 Å². The van der Waals surface area contributed by atoms with Crippen molar-refractivity contribution in [2.75, 3.05) is 18.7 Å². The molecule has 1 aliphatic rings. The minimum Gasteiger partial charge on any atom is -0.494 e. The third-order valence-corrected chi connectivity index (χ3v) is 3.91. The van der Waals surface area contributed by atoms with Crippen molar-refractivity contribution < 1.29 is 14.2 Å². The van der Waals surface area contributed by atoms with Crippen LogP contribution in [0.4, 0.5) is 11.4 Å². The number of aromatic nitrogens is 1. The summed E-state index contributed by atoms with van der Waals surface area (Å²) in [6, 6.07) is 13.4. The monoisotopic (exact) mass is 369 g/mol. The van der Waals surface area contributed by atoms with Crippen molar-refractivity contribution in [3.8, 4) is 23.3 Å². The van der Waals surface area contributed by atoms with Crippen molar-refractivity contribution in [3.05, 3.63) is 48.2 Å². The molecule has 0 unspecified atom stereocenters. The number of anilines is 2. The van der Waals surface area contributed by atoms with Crippen LogP contribution in [-0.2, 0) is 0 Å². The molecule has 0 aliphatic carbocycles. The molecule has 3 aromatic rings. The van der Waals surface area contributed by atoms with E-state index in [4.69, 9.17) is 14.2 Å². The number of hydrogen-bond acceptors (Lipinski definition) is 6. The highest BCUT2D eigenvalue weighted by atomic mass is 35.5. The first kappa shape index (κ1) is 17.6. The van der Waals surface area contributed by atoms with Gasteiger partial charge in [-0.2, -0.15) is 5.26 Å². The molecule has 0 saturated carbocycles. The normalized spacial score (nSPS) is 11.5. The second-order valence-electron chi connectivity index (χ2n) is 5.46. The lowest BCUT2D eigenvalue weighted by molar-refractivity contribution is 0.174. The maximum Gasteiger partial charge on any atom is 0.231 e. The predicted octanol–water partition coefficient (Wildman–Crippen LogP) is 4.40. The minimum absolute atomic E-state index is 0. The molecule has 0 fully saturated rings. The summed E-state index contributed by atoms with van der Waals surface area (Å²) in [4.78, 5) is 4.35. The standard InChI is InChI=1S/C19H15N3O3.ClH/c1-2-23-14-4-5-16-15(8-14)19(12(9-20)10-21-16)22-13-3-6-17-18(7-13)25-11-24-17;/h3-8,10H,2,11H2,1H3,(H,21,22);1H. The molecule has 0 atom stereocenters. The van der Waals surface area contributed by atoms with Crippen LogP contribution in [-0.4, -0.2) is 18.4 Å². The Bertz CT molecular complexity index is 1000. The third kappa shape index (κ3) is 3.17. The Labute approximate surface area is 156 Å². The van der Waals surface area contributed by atoms with E-state index in [-0.39, 0.29) is 19.2 Å². The number of nitrogens with zero attached hydrogens (tertiary/aromatic N) is 2. The SMILES string of the molecule is CCOc1ccc2ncc(C#N)c(Nc3ccc4c(c3)OCO4)c2c1.Cl. The van der Waals surface area contributed by atoms with Crippen LogP contribution in [0.25, 0.3) is 10.9 Å². The Hall–Kier alpha value is -3.17. The average Bonchev–Trinajstić information content (AvgIpc) is 3.10. The van der Waals surface area contributed by atoms with E-state index in [1.54, 1.807) is 6.20 Å². The molecule has 132 valence electrons. The Kier molecular flexibility index (Phi) is 5.01. The zero-order chi connectivity index (χ0) is 17.2. The van der Waals surface area contributed by atoms with Crippen LogP contribution >= 0.6 is 12.4 Å². The quantitative estimate of drug-likeness (QED) is 0.734. The third-order valence-electron chi connectivity index (χ3n) is 3.91. The zero-order valence-corrected chi connectivity index (χ0v) is 14.8. The smallest absolute Gasteiger partial charge is 0.231 e. The van der Waals surface area contributed by atoms with Gasteiger partial charge in [0.1, 0.15) is 11.8 Å². The topological polar surface area (TPSA) is 76.4 Å². The highest BCUT2D eigenvalue weighted by Gasteiger charge is 2.15. The van der Waals surface area contributed by atoms with Gasteiger partial charge in [-0.3, -0.25) is 4.98 Å². The molecule has 1 aromatic heterocycles. The van der Waals surface area contributed by atoms with E-state index in [1.807, 2.05) is 43.3 Å². The van der Waals surface area contributed by atoms with Gasteiger partial charge in [0.2, 0.25) is 6.79 Å². The number of ether oxygens (including phenoxy) is 3. The summed E-state index contributed by atoms with van der Waals surface area (Å²) in [6.07, 6.45) is 1.57. The Morgan fingerprint density at radius 2 is 2.04 bits per heavy atom. The van der Waals surface area contributed by atoms with Gasteiger partial charge in [0.25, 0.3) is 0 Å². The van der Waals surface area contributed by atoms with Crippen LogP contribution in [0.5, 0.6) is 17.2 Å². The van der Waals surface area contributed by atoms with Crippen LogP contribution in [0.2, 0.25) is 0 Å². The number of nitriles is 1. The van der Waals surface area contributed by atoms with Gasteiger partial charge in [-0.15, -0.1) is 12.4 Å². The molecule has 4 rings (SSSR count). The fourth-order valence-electron chi connectivity index (χ4n) is 2.77. The summed E-state index contributed by atoms with van der Waals surface area (Å²) in [5.74, 6) is 2.13. The first-order valence-electron chi connectivity index (χ1n) is 7.91. The van der Waals surface area contributed by atoms with E-state index < -0.39 is 0 Å². The number of halogens is 1. The highest BCUT2D eigenvalue weighted by Crippen LogP contribution is 2.37. The van der Waals surface area contributed by atoms with E-state index in [9.17, 15) is 5.26 Å².